The summed E-state index contributed by atoms with van der Waals surface area (Å²) in [6.07, 6.45) is -4.71. The molecule has 178 valence electrons. The van der Waals surface area contributed by atoms with Crippen LogP contribution in [0.3, 0.4) is 0 Å². The van der Waals surface area contributed by atoms with E-state index in [1.165, 1.54) is 41.5 Å². The molecule has 3 heterocycles. The molecule has 1 aliphatic heterocycles. The number of fused-ring (bicyclic) bond motifs is 1. The number of ether oxygens (including phenoxy) is 1. The number of carbonyl (C=O) groups excluding carboxylic acids is 2. The molecule has 1 aliphatic rings. The van der Waals surface area contributed by atoms with Gasteiger partial charge in [-0.3, -0.25) is 14.2 Å². The van der Waals surface area contributed by atoms with Crippen molar-refractivity contribution in [1.29, 1.82) is 0 Å². The molecule has 2 aromatic heterocycles. The van der Waals surface area contributed by atoms with Crippen LogP contribution in [0, 0.1) is 0 Å². The van der Waals surface area contributed by atoms with Gasteiger partial charge in [0.25, 0.3) is 0 Å². The number of hydrogen-bond donors (Lipinski definition) is 4. The highest BCUT2D eigenvalue weighted by atomic mass is 16.6. The minimum Gasteiger partial charge on any atom is -0.385 e. The SMILES string of the molecule is Nc1ncnc2c1ncn2[C@@H]1O[C@H](C(O)C(=O)c2ccccc2)[C@@](O)(C(=O)c2ccccc2)[C@H]1O. The Morgan fingerprint density at radius 1 is 1.00 bits per heavy atom. The molecule has 5 N–H and O–H groups in total. The van der Waals surface area contributed by atoms with Gasteiger partial charge < -0.3 is 25.8 Å². The Morgan fingerprint density at radius 2 is 1.63 bits per heavy atom. The fraction of sp³-hybridized carbons (Fsp3) is 0.208. The van der Waals surface area contributed by atoms with Gasteiger partial charge in [0.1, 0.15) is 30.2 Å². The quantitative estimate of drug-likeness (QED) is 0.288. The van der Waals surface area contributed by atoms with Crippen molar-refractivity contribution >= 4 is 28.5 Å². The first kappa shape index (κ1) is 22.7. The van der Waals surface area contributed by atoms with Gasteiger partial charge in [-0.15, -0.1) is 0 Å². The molecule has 4 aromatic rings. The molecule has 1 fully saturated rings. The first-order valence-corrected chi connectivity index (χ1v) is 10.7. The third kappa shape index (κ3) is 3.58. The molecule has 35 heavy (non-hydrogen) atoms. The maximum atomic E-state index is 13.5. The van der Waals surface area contributed by atoms with E-state index in [0.717, 1.165) is 0 Å². The summed E-state index contributed by atoms with van der Waals surface area (Å²) in [4.78, 5) is 38.6. The number of ketones is 2. The zero-order valence-corrected chi connectivity index (χ0v) is 18.2. The standard InChI is InChI=1S/C24H21N5O6/c25-21-15-22(27-11-26-21)29(12-28-15)23-19(33)24(34,18(32)14-9-5-2-6-10-14)20(35-23)17(31)16(30)13-7-3-1-4-8-13/h1-12,17,19-20,23,31,33-34H,(H2,25,26,27)/t17?,19-,20+,23+,24+/m0/s1. The Hall–Kier alpha value is -4.03. The van der Waals surface area contributed by atoms with E-state index >= 15 is 0 Å². The van der Waals surface area contributed by atoms with Crippen LogP contribution in [-0.4, -0.2) is 70.3 Å². The normalized spacial score (nSPS) is 24.9. The van der Waals surface area contributed by atoms with E-state index in [0.29, 0.717) is 0 Å². The molecule has 0 aliphatic carbocycles. The molecule has 0 bridgehead atoms. The largest absolute Gasteiger partial charge is 0.385 e. The van der Waals surface area contributed by atoms with E-state index in [1.807, 2.05) is 0 Å². The minimum absolute atomic E-state index is 0.0599. The van der Waals surface area contributed by atoms with Crippen LogP contribution in [0.25, 0.3) is 11.2 Å². The summed E-state index contributed by atoms with van der Waals surface area (Å²) in [6, 6.07) is 15.6. The van der Waals surface area contributed by atoms with Gasteiger partial charge in [-0.2, -0.15) is 0 Å². The Balaban J connectivity index is 1.60. The average molecular weight is 475 g/mol. The van der Waals surface area contributed by atoms with E-state index in [4.69, 9.17) is 10.5 Å². The Morgan fingerprint density at radius 3 is 2.29 bits per heavy atom. The summed E-state index contributed by atoms with van der Waals surface area (Å²) in [5.41, 5.74) is 3.74. The van der Waals surface area contributed by atoms with Crippen molar-refractivity contribution in [3.8, 4) is 0 Å². The van der Waals surface area contributed by atoms with Crippen LogP contribution < -0.4 is 5.73 Å². The lowest BCUT2D eigenvalue weighted by molar-refractivity contribution is -0.0915. The lowest BCUT2D eigenvalue weighted by atomic mass is 9.80. The number of aliphatic hydroxyl groups is 3. The minimum atomic E-state index is -2.69. The molecule has 1 saturated heterocycles. The van der Waals surface area contributed by atoms with Crippen molar-refractivity contribution in [3.05, 3.63) is 84.4 Å². The molecule has 0 saturated carbocycles. The van der Waals surface area contributed by atoms with Gasteiger partial charge in [0, 0.05) is 11.1 Å². The third-order valence-electron chi connectivity index (χ3n) is 6.12. The number of nitrogen functional groups attached to an aromatic ring is 1. The summed E-state index contributed by atoms with van der Waals surface area (Å²) in [5.74, 6) is -1.63. The third-order valence-corrected chi connectivity index (χ3v) is 6.12. The fourth-order valence-electron chi connectivity index (χ4n) is 4.30. The number of hydrogen-bond acceptors (Lipinski definition) is 10. The van der Waals surface area contributed by atoms with Crippen LogP contribution in [0.4, 0.5) is 5.82 Å². The van der Waals surface area contributed by atoms with Gasteiger partial charge in [0.15, 0.2) is 34.9 Å². The summed E-state index contributed by atoms with van der Waals surface area (Å²) >= 11 is 0. The summed E-state index contributed by atoms with van der Waals surface area (Å²) in [6.45, 7) is 0. The van der Waals surface area contributed by atoms with Gasteiger partial charge in [0.2, 0.25) is 0 Å². The van der Waals surface area contributed by atoms with Gasteiger partial charge in [-0.1, -0.05) is 60.7 Å². The van der Waals surface area contributed by atoms with Crippen molar-refractivity contribution in [3.63, 3.8) is 0 Å². The number of aliphatic hydroxyl groups excluding tert-OH is 2. The van der Waals surface area contributed by atoms with E-state index in [-0.39, 0.29) is 28.1 Å². The van der Waals surface area contributed by atoms with Crippen LogP contribution in [0.2, 0.25) is 0 Å². The van der Waals surface area contributed by atoms with Crippen LogP contribution >= 0.6 is 0 Å². The highest BCUT2D eigenvalue weighted by molar-refractivity contribution is 6.05. The molecule has 11 nitrogen and oxygen atoms in total. The Kier molecular flexibility index (Phi) is 5.61. The second kappa shape index (κ2) is 8.64. The molecule has 1 unspecified atom stereocenters. The summed E-state index contributed by atoms with van der Waals surface area (Å²) in [5, 5.41) is 34.0. The number of carbonyl (C=O) groups is 2. The van der Waals surface area contributed by atoms with Gasteiger partial charge in [-0.05, 0) is 0 Å². The molecule has 0 amide bonds. The number of nitrogens with two attached hydrogens (primary N) is 1. The average Bonchev–Trinajstić information content (AvgIpc) is 3.44. The highest BCUT2D eigenvalue weighted by Gasteiger charge is 2.64. The number of aromatic nitrogens is 4. The summed E-state index contributed by atoms with van der Waals surface area (Å²) < 4.78 is 7.12. The smallest absolute Gasteiger partial charge is 0.200 e. The highest BCUT2D eigenvalue weighted by Crippen LogP contribution is 2.42. The zero-order valence-electron chi connectivity index (χ0n) is 18.2. The van der Waals surface area contributed by atoms with Crippen molar-refractivity contribution in [2.45, 2.75) is 30.1 Å². The molecule has 5 rings (SSSR count). The number of benzene rings is 2. The molecule has 2 aromatic carbocycles. The Labute approximate surface area is 198 Å². The van der Waals surface area contributed by atoms with E-state index < -0.39 is 41.7 Å². The number of Topliss-reactive ketones (excluding diaryl/α,β-unsaturated/α-hetero) is 2. The first-order chi connectivity index (χ1) is 16.8. The Bertz CT molecular complexity index is 1400. The van der Waals surface area contributed by atoms with Crippen molar-refractivity contribution < 1.29 is 29.6 Å². The van der Waals surface area contributed by atoms with Crippen LogP contribution in [0.1, 0.15) is 26.9 Å². The monoisotopic (exact) mass is 475 g/mol. The molecule has 11 heteroatoms. The number of imidazole rings is 1. The van der Waals surface area contributed by atoms with Gasteiger partial charge >= 0.3 is 0 Å². The number of rotatable bonds is 6. The molecular formula is C24H21N5O6. The van der Waals surface area contributed by atoms with Crippen molar-refractivity contribution in [1.82, 2.24) is 19.5 Å². The molecular weight excluding hydrogens is 454 g/mol. The predicted octanol–water partition coefficient (Wildman–Crippen LogP) is 0.525. The number of anilines is 1. The maximum absolute atomic E-state index is 13.5. The van der Waals surface area contributed by atoms with E-state index in [2.05, 4.69) is 15.0 Å². The van der Waals surface area contributed by atoms with Crippen LogP contribution in [0.5, 0.6) is 0 Å². The summed E-state index contributed by atoms with van der Waals surface area (Å²) in [7, 11) is 0. The van der Waals surface area contributed by atoms with E-state index in [1.54, 1.807) is 36.4 Å². The van der Waals surface area contributed by atoms with Crippen LogP contribution in [-0.2, 0) is 4.74 Å². The van der Waals surface area contributed by atoms with E-state index in [9.17, 15) is 24.9 Å². The number of nitrogens with zero attached hydrogens (tertiary/aromatic N) is 4. The van der Waals surface area contributed by atoms with Gasteiger partial charge in [-0.25, -0.2) is 15.0 Å². The second-order valence-corrected chi connectivity index (χ2v) is 8.17. The second-order valence-electron chi connectivity index (χ2n) is 8.17. The molecule has 5 atom stereocenters. The topological polar surface area (TPSA) is 174 Å². The molecule has 0 radical (unpaired) electrons. The van der Waals surface area contributed by atoms with Crippen LogP contribution in [0.15, 0.2) is 73.3 Å². The predicted molar refractivity (Wildman–Crippen MR) is 122 cm³/mol. The first-order valence-electron chi connectivity index (χ1n) is 10.7. The zero-order chi connectivity index (χ0) is 24.7. The lowest BCUT2D eigenvalue weighted by Crippen LogP contribution is -2.59. The fourth-order valence-corrected chi connectivity index (χ4v) is 4.30. The van der Waals surface area contributed by atoms with Crippen molar-refractivity contribution in [2.24, 2.45) is 0 Å². The lowest BCUT2D eigenvalue weighted by Gasteiger charge is -2.31. The molecule has 0 spiro atoms. The van der Waals surface area contributed by atoms with Gasteiger partial charge in [0.05, 0.1) is 6.33 Å². The maximum Gasteiger partial charge on any atom is 0.200 e. The van der Waals surface area contributed by atoms with Crippen molar-refractivity contribution in [2.75, 3.05) is 5.73 Å².